The lowest BCUT2D eigenvalue weighted by Crippen LogP contribution is -2.45. The average molecular weight is 357 g/mol. The summed E-state index contributed by atoms with van der Waals surface area (Å²) < 4.78 is 0. The summed E-state index contributed by atoms with van der Waals surface area (Å²) in [5.74, 6) is 5.20. The smallest absolute Gasteiger partial charge is 0.356 e. The van der Waals surface area contributed by atoms with Crippen LogP contribution in [0.25, 0.3) is 0 Å². The number of carboxylic acids is 1. The molecule has 1 heterocycles. The molecule has 0 spiro atoms. The van der Waals surface area contributed by atoms with Crippen molar-refractivity contribution < 1.29 is 9.90 Å². The number of nitrogens with one attached hydrogen (secondary N) is 1. The Bertz CT molecular complexity index is 646. The number of H-pyrrole nitrogens is 1. The van der Waals surface area contributed by atoms with Gasteiger partial charge in [-0.15, -0.1) is 0 Å². The highest BCUT2D eigenvalue weighted by Gasteiger charge is 2.47. The van der Waals surface area contributed by atoms with Crippen LogP contribution in [-0.2, 0) is 6.42 Å². The van der Waals surface area contributed by atoms with Gasteiger partial charge in [0.05, 0.1) is 0 Å². The highest BCUT2D eigenvalue weighted by atomic mass is 16.4. The van der Waals surface area contributed by atoms with Crippen molar-refractivity contribution in [2.75, 3.05) is 0 Å². The van der Waals surface area contributed by atoms with Gasteiger partial charge in [-0.25, -0.2) is 9.78 Å². The zero-order valence-electron chi connectivity index (χ0n) is 15.8. The van der Waals surface area contributed by atoms with Gasteiger partial charge in [-0.1, -0.05) is 19.3 Å². The zero-order valence-corrected chi connectivity index (χ0v) is 15.8. The maximum Gasteiger partial charge on any atom is 0.356 e. The molecule has 0 atom stereocenters. The predicted molar refractivity (Wildman–Crippen MR) is 100 cm³/mol. The molecule has 6 rings (SSSR count). The molecule has 0 aromatic carbocycles. The quantitative estimate of drug-likeness (QED) is 0.766. The normalized spacial score (nSPS) is 36.5. The van der Waals surface area contributed by atoms with E-state index in [1.807, 2.05) is 0 Å². The number of hydrogen-bond donors (Lipinski definition) is 2. The number of aromatic carboxylic acids is 1. The van der Waals surface area contributed by atoms with Crippen molar-refractivity contribution in [3.63, 3.8) is 0 Å². The molecule has 0 aliphatic heterocycles. The second-order valence-corrected chi connectivity index (χ2v) is 9.72. The molecule has 5 fully saturated rings. The Labute approximate surface area is 156 Å². The van der Waals surface area contributed by atoms with Crippen LogP contribution < -0.4 is 0 Å². The zero-order chi connectivity index (χ0) is 17.7. The molecular weight excluding hydrogens is 324 g/mol. The maximum atomic E-state index is 11.7. The van der Waals surface area contributed by atoms with E-state index >= 15 is 0 Å². The van der Waals surface area contributed by atoms with Crippen LogP contribution in [0.15, 0.2) is 0 Å². The minimum atomic E-state index is -0.858. The number of nitrogens with zero attached hydrogens (tertiary/aromatic N) is 1. The second kappa shape index (κ2) is 6.69. The van der Waals surface area contributed by atoms with E-state index in [1.165, 1.54) is 51.4 Å². The lowest BCUT2D eigenvalue weighted by Gasteiger charge is -2.54. The molecule has 0 unspecified atom stereocenters. The van der Waals surface area contributed by atoms with Crippen molar-refractivity contribution in [1.29, 1.82) is 0 Å². The average Bonchev–Trinajstić information content (AvgIpc) is 3.06. The third-order valence-electron chi connectivity index (χ3n) is 8.14. The summed E-state index contributed by atoms with van der Waals surface area (Å²) in [7, 11) is 0. The van der Waals surface area contributed by atoms with Gasteiger partial charge in [0.1, 0.15) is 5.82 Å². The Balaban J connectivity index is 1.30. The highest BCUT2D eigenvalue weighted by Crippen LogP contribution is 2.57. The molecule has 1 aromatic heterocycles. The lowest BCUT2D eigenvalue weighted by atomic mass is 9.51. The molecule has 2 N–H and O–H groups in total. The van der Waals surface area contributed by atoms with Gasteiger partial charge in [0.15, 0.2) is 5.69 Å². The molecule has 5 saturated carbocycles. The first-order valence-electron chi connectivity index (χ1n) is 11.0. The molecule has 4 bridgehead atoms. The SMILES string of the molecule is O=C(O)c1nc(C2CCCCC2)[nH]c1CCC1C2CC3CC(C2)CC1C3. The lowest BCUT2D eigenvalue weighted by molar-refractivity contribution is -0.0395. The monoisotopic (exact) mass is 356 g/mol. The molecule has 5 aliphatic carbocycles. The van der Waals surface area contributed by atoms with Gasteiger partial charge in [-0.3, -0.25) is 0 Å². The van der Waals surface area contributed by atoms with Crippen LogP contribution in [0.3, 0.4) is 0 Å². The summed E-state index contributed by atoms with van der Waals surface area (Å²) in [4.78, 5) is 19.7. The molecule has 5 aliphatic rings. The Hall–Kier alpha value is -1.32. The summed E-state index contributed by atoms with van der Waals surface area (Å²) in [6.07, 6.45) is 15.4. The van der Waals surface area contributed by atoms with E-state index < -0.39 is 5.97 Å². The number of aromatic amines is 1. The highest BCUT2D eigenvalue weighted by molar-refractivity contribution is 5.86. The van der Waals surface area contributed by atoms with Gasteiger partial charge in [0.2, 0.25) is 0 Å². The Kier molecular flexibility index (Phi) is 4.33. The van der Waals surface area contributed by atoms with Crippen molar-refractivity contribution in [2.24, 2.45) is 29.6 Å². The molecule has 1 aromatic rings. The van der Waals surface area contributed by atoms with Crippen LogP contribution in [0.5, 0.6) is 0 Å². The second-order valence-electron chi connectivity index (χ2n) is 9.72. The number of aromatic nitrogens is 2. The fourth-order valence-electron chi connectivity index (χ4n) is 7.18. The first-order chi connectivity index (χ1) is 12.7. The molecule has 26 heavy (non-hydrogen) atoms. The summed E-state index contributed by atoms with van der Waals surface area (Å²) >= 11 is 0. The van der Waals surface area contributed by atoms with Crippen LogP contribution in [0.2, 0.25) is 0 Å². The first-order valence-corrected chi connectivity index (χ1v) is 11.0. The van der Waals surface area contributed by atoms with Crippen molar-refractivity contribution in [1.82, 2.24) is 9.97 Å². The Morgan fingerprint density at radius 1 is 1.00 bits per heavy atom. The summed E-state index contributed by atoms with van der Waals surface area (Å²) in [6, 6.07) is 0. The third kappa shape index (κ3) is 2.99. The van der Waals surface area contributed by atoms with Crippen LogP contribution >= 0.6 is 0 Å². The minimum absolute atomic E-state index is 0.300. The van der Waals surface area contributed by atoms with Crippen molar-refractivity contribution in [3.05, 3.63) is 17.2 Å². The number of rotatable bonds is 5. The fraction of sp³-hybridized carbons (Fsp3) is 0.818. The molecular formula is C22H32N2O2. The van der Waals surface area contributed by atoms with E-state index in [9.17, 15) is 9.90 Å². The van der Waals surface area contributed by atoms with Gasteiger partial charge in [-0.05, 0) is 87.4 Å². The van der Waals surface area contributed by atoms with Gasteiger partial charge in [0.25, 0.3) is 0 Å². The number of aryl methyl sites for hydroxylation is 1. The van der Waals surface area contributed by atoms with E-state index in [-0.39, 0.29) is 0 Å². The Morgan fingerprint density at radius 2 is 1.65 bits per heavy atom. The van der Waals surface area contributed by atoms with Crippen LogP contribution in [0.1, 0.15) is 98.6 Å². The maximum absolute atomic E-state index is 11.7. The van der Waals surface area contributed by atoms with Gasteiger partial charge in [-0.2, -0.15) is 0 Å². The molecule has 0 amide bonds. The van der Waals surface area contributed by atoms with Crippen molar-refractivity contribution in [2.45, 2.75) is 83.0 Å². The summed E-state index contributed by atoms with van der Waals surface area (Å²) in [6.45, 7) is 0. The number of carbonyl (C=O) groups is 1. The van der Waals surface area contributed by atoms with E-state index in [4.69, 9.17) is 0 Å². The fourth-order valence-corrected chi connectivity index (χ4v) is 7.18. The summed E-state index contributed by atoms with van der Waals surface area (Å²) in [5, 5.41) is 9.63. The molecule has 4 heteroatoms. The van der Waals surface area contributed by atoms with Gasteiger partial charge in [0, 0.05) is 11.6 Å². The molecule has 0 saturated heterocycles. The number of hydrogen-bond acceptors (Lipinski definition) is 2. The van der Waals surface area contributed by atoms with E-state index in [1.54, 1.807) is 0 Å². The third-order valence-corrected chi connectivity index (χ3v) is 8.14. The minimum Gasteiger partial charge on any atom is -0.476 e. The molecule has 142 valence electrons. The first kappa shape index (κ1) is 16.8. The number of imidazole rings is 1. The molecule has 0 radical (unpaired) electrons. The van der Waals surface area contributed by atoms with Crippen LogP contribution in [0, 0.1) is 29.6 Å². The van der Waals surface area contributed by atoms with E-state index in [0.717, 1.165) is 66.8 Å². The van der Waals surface area contributed by atoms with Crippen molar-refractivity contribution in [3.8, 4) is 0 Å². The van der Waals surface area contributed by atoms with Crippen LogP contribution in [0.4, 0.5) is 0 Å². The van der Waals surface area contributed by atoms with Crippen LogP contribution in [-0.4, -0.2) is 21.0 Å². The van der Waals surface area contributed by atoms with Gasteiger partial charge < -0.3 is 10.1 Å². The van der Waals surface area contributed by atoms with Crippen molar-refractivity contribution >= 4 is 5.97 Å². The largest absolute Gasteiger partial charge is 0.476 e. The topological polar surface area (TPSA) is 66.0 Å². The predicted octanol–water partition coefficient (Wildman–Crippen LogP) is 5.16. The molecule has 4 nitrogen and oxygen atoms in total. The van der Waals surface area contributed by atoms with E-state index in [2.05, 4.69) is 9.97 Å². The summed E-state index contributed by atoms with van der Waals surface area (Å²) in [5.41, 5.74) is 1.20. The standard InChI is InChI=1S/C22H32N2O2/c25-22(26)20-19(23-21(24-20)15-4-2-1-3-5-15)7-6-18-16-9-13-8-14(11-16)12-17(18)10-13/h13-18H,1-12H2,(H,23,24)(H,25,26). The van der Waals surface area contributed by atoms with Gasteiger partial charge >= 0.3 is 5.97 Å². The number of carboxylic acid groups (broad SMARTS) is 1. The van der Waals surface area contributed by atoms with E-state index in [0.29, 0.717) is 11.6 Å². The Morgan fingerprint density at radius 3 is 2.27 bits per heavy atom.